The quantitative estimate of drug-likeness (QED) is 0.529. The zero-order chi connectivity index (χ0) is 14.4. The number of benzene rings is 1. The van der Waals surface area contributed by atoms with Crippen LogP contribution >= 0.6 is 23.2 Å². The number of nitro benzene ring substituents is 1. The number of amides is 1. The first-order valence-corrected chi connectivity index (χ1v) is 6.06. The van der Waals surface area contributed by atoms with Gasteiger partial charge in [0.05, 0.1) is 16.0 Å². The second-order valence-electron chi connectivity index (χ2n) is 4.59. The molecule has 0 bridgehead atoms. The maximum absolute atomic E-state index is 13.5. The van der Waals surface area contributed by atoms with E-state index in [0.717, 1.165) is 18.2 Å². The molecule has 0 heterocycles. The van der Waals surface area contributed by atoms with Gasteiger partial charge in [0.25, 0.3) is 5.69 Å². The highest BCUT2D eigenvalue weighted by Crippen LogP contribution is 2.64. The van der Waals surface area contributed by atoms with Crippen LogP contribution in [0, 0.1) is 21.3 Å². The normalized spacial score (nSPS) is 23.8. The highest BCUT2D eigenvalue weighted by atomic mass is 35.5. The van der Waals surface area contributed by atoms with E-state index in [-0.39, 0.29) is 17.8 Å². The Morgan fingerprint density at radius 1 is 1.53 bits per heavy atom. The van der Waals surface area contributed by atoms with Crippen LogP contribution in [0.4, 0.5) is 15.8 Å². The third-order valence-electron chi connectivity index (χ3n) is 3.17. The average molecular weight is 307 g/mol. The Kier molecular flexibility index (Phi) is 3.18. The van der Waals surface area contributed by atoms with Gasteiger partial charge < -0.3 is 5.32 Å². The second-order valence-corrected chi connectivity index (χ2v) is 6.07. The van der Waals surface area contributed by atoms with Gasteiger partial charge in [-0.2, -0.15) is 0 Å². The molecule has 102 valence electrons. The van der Waals surface area contributed by atoms with Crippen molar-refractivity contribution in [2.24, 2.45) is 5.41 Å². The minimum Gasteiger partial charge on any atom is -0.323 e. The number of alkyl halides is 2. The average Bonchev–Trinajstić information content (AvgIpc) is 2.82. The molecule has 1 atom stereocenters. The van der Waals surface area contributed by atoms with Crippen molar-refractivity contribution < 1.29 is 14.1 Å². The predicted molar refractivity (Wildman–Crippen MR) is 68.8 cm³/mol. The highest BCUT2D eigenvalue weighted by molar-refractivity contribution is 6.53. The Balaban J connectivity index is 2.22. The molecule has 1 aliphatic rings. The number of hydrogen-bond acceptors (Lipinski definition) is 3. The summed E-state index contributed by atoms with van der Waals surface area (Å²) in [7, 11) is 0. The molecule has 19 heavy (non-hydrogen) atoms. The second kappa shape index (κ2) is 4.31. The fraction of sp³-hybridized carbons (Fsp3) is 0.364. The van der Waals surface area contributed by atoms with Crippen molar-refractivity contribution in [2.45, 2.75) is 17.7 Å². The molecular formula is C11H9Cl2FN2O3. The summed E-state index contributed by atoms with van der Waals surface area (Å²) >= 11 is 11.7. The van der Waals surface area contributed by atoms with Gasteiger partial charge in [-0.3, -0.25) is 14.9 Å². The number of non-ortho nitro benzene ring substituents is 1. The van der Waals surface area contributed by atoms with Crippen molar-refractivity contribution in [1.29, 1.82) is 0 Å². The van der Waals surface area contributed by atoms with E-state index in [1.54, 1.807) is 0 Å². The lowest BCUT2D eigenvalue weighted by Crippen LogP contribution is -2.26. The lowest BCUT2D eigenvalue weighted by Gasteiger charge is -2.12. The van der Waals surface area contributed by atoms with E-state index < -0.39 is 26.4 Å². The Bertz CT molecular complexity index is 579. The van der Waals surface area contributed by atoms with E-state index >= 15 is 0 Å². The summed E-state index contributed by atoms with van der Waals surface area (Å²) < 4.78 is 12.3. The van der Waals surface area contributed by atoms with E-state index in [1.807, 2.05) is 0 Å². The highest BCUT2D eigenvalue weighted by Gasteiger charge is 2.67. The molecule has 1 aliphatic carbocycles. The molecule has 1 aromatic rings. The van der Waals surface area contributed by atoms with Crippen molar-refractivity contribution in [1.82, 2.24) is 0 Å². The van der Waals surface area contributed by atoms with Crippen LogP contribution < -0.4 is 5.32 Å². The lowest BCUT2D eigenvalue weighted by atomic mass is 10.1. The van der Waals surface area contributed by atoms with Gasteiger partial charge in [0.1, 0.15) is 10.2 Å². The maximum Gasteiger partial charge on any atom is 0.271 e. The van der Waals surface area contributed by atoms with Gasteiger partial charge in [0.15, 0.2) is 0 Å². The molecular weight excluding hydrogens is 298 g/mol. The monoisotopic (exact) mass is 306 g/mol. The SMILES string of the molecule is CC1(C(=O)Nc2cc([N+](=O)[O-])ccc2F)CC1(Cl)Cl. The van der Waals surface area contributed by atoms with Gasteiger partial charge in [0, 0.05) is 12.1 Å². The molecule has 1 unspecified atom stereocenters. The van der Waals surface area contributed by atoms with Crippen LogP contribution in [0.15, 0.2) is 18.2 Å². The van der Waals surface area contributed by atoms with Crippen LogP contribution in [0.25, 0.3) is 0 Å². The van der Waals surface area contributed by atoms with Crippen LogP contribution in [0.2, 0.25) is 0 Å². The van der Waals surface area contributed by atoms with Gasteiger partial charge in [-0.15, -0.1) is 23.2 Å². The van der Waals surface area contributed by atoms with Crippen LogP contribution in [-0.2, 0) is 4.79 Å². The lowest BCUT2D eigenvalue weighted by molar-refractivity contribution is -0.384. The van der Waals surface area contributed by atoms with Gasteiger partial charge in [-0.05, 0) is 19.4 Å². The summed E-state index contributed by atoms with van der Waals surface area (Å²) in [5.41, 5.74) is -1.61. The largest absolute Gasteiger partial charge is 0.323 e. The summed E-state index contributed by atoms with van der Waals surface area (Å²) in [5.74, 6) is -1.34. The maximum atomic E-state index is 13.5. The Labute approximate surface area is 117 Å². The summed E-state index contributed by atoms with van der Waals surface area (Å²) in [4.78, 5) is 21.8. The van der Waals surface area contributed by atoms with E-state index in [1.165, 1.54) is 6.92 Å². The third kappa shape index (κ3) is 2.37. The first kappa shape index (κ1) is 14.0. The van der Waals surface area contributed by atoms with E-state index in [2.05, 4.69) is 5.32 Å². The Morgan fingerprint density at radius 2 is 2.11 bits per heavy atom. The third-order valence-corrected chi connectivity index (χ3v) is 4.27. The molecule has 1 fully saturated rings. The van der Waals surface area contributed by atoms with Crippen LogP contribution in [-0.4, -0.2) is 15.2 Å². The molecule has 8 heteroatoms. The van der Waals surface area contributed by atoms with Crippen LogP contribution in [0.5, 0.6) is 0 Å². The first-order chi connectivity index (χ1) is 8.67. The van der Waals surface area contributed by atoms with Gasteiger partial charge in [-0.25, -0.2) is 4.39 Å². The Hall–Kier alpha value is -1.40. The number of nitrogens with zero attached hydrogens (tertiary/aromatic N) is 1. The van der Waals surface area contributed by atoms with Gasteiger partial charge in [-0.1, -0.05) is 0 Å². The molecule has 0 aliphatic heterocycles. The number of halogens is 3. The van der Waals surface area contributed by atoms with E-state index in [9.17, 15) is 19.3 Å². The van der Waals surface area contributed by atoms with Gasteiger partial charge in [0.2, 0.25) is 5.91 Å². The fourth-order valence-corrected chi connectivity index (χ4v) is 2.34. The number of rotatable bonds is 3. The molecule has 1 N–H and O–H groups in total. The molecule has 1 aromatic carbocycles. The summed E-state index contributed by atoms with van der Waals surface area (Å²) in [6, 6.07) is 2.87. The molecule has 2 rings (SSSR count). The molecule has 5 nitrogen and oxygen atoms in total. The van der Waals surface area contributed by atoms with Crippen molar-refractivity contribution in [3.8, 4) is 0 Å². The van der Waals surface area contributed by atoms with E-state index in [0.29, 0.717) is 0 Å². The zero-order valence-electron chi connectivity index (χ0n) is 9.75. The summed E-state index contributed by atoms with van der Waals surface area (Å²) in [6.45, 7) is 1.54. The number of carbonyl (C=O) groups excluding carboxylic acids is 1. The van der Waals surface area contributed by atoms with Crippen LogP contribution in [0.1, 0.15) is 13.3 Å². The molecule has 0 spiro atoms. The number of nitro groups is 1. The smallest absolute Gasteiger partial charge is 0.271 e. The molecule has 0 saturated heterocycles. The van der Waals surface area contributed by atoms with Crippen molar-refractivity contribution in [3.05, 3.63) is 34.1 Å². The minimum absolute atomic E-state index is 0.242. The number of carbonyl (C=O) groups is 1. The molecule has 0 aromatic heterocycles. The van der Waals surface area contributed by atoms with Gasteiger partial charge >= 0.3 is 0 Å². The summed E-state index contributed by atoms with van der Waals surface area (Å²) in [6.07, 6.45) is 0.242. The summed E-state index contributed by atoms with van der Waals surface area (Å²) in [5, 5.41) is 12.9. The van der Waals surface area contributed by atoms with Crippen molar-refractivity contribution in [3.63, 3.8) is 0 Å². The minimum atomic E-state index is -1.19. The number of nitrogens with one attached hydrogen (secondary N) is 1. The number of anilines is 1. The standard InChI is InChI=1S/C11H9Cl2FN2O3/c1-10(5-11(10,12)13)9(17)15-8-4-6(16(18)19)2-3-7(8)14/h2-4H,5H2,1H3,(H,15,17). The molecule has 1 amide bonds. The fourth-order valence-electron chi connectivity index (χ4n) is 1.63. The zero-order valence-corrected chi connectivity index (χ0v) is 11.3. The Morgan fingerprint density at radius 3 is 2.58 bits per heavy atom. The van der Waals surface area contributed by atoms with Crippen molar-refractivity contribution in [2.75, 3.05) is 5.32 Å². The molecule has 1 saturated carbocycles. The topological polar surface area (TPSA) is 72.2 Å². The van der Waals surface area contributed by atoms with Crippen LogP contribution in [0.3, 0.4) is 0 Å². The first-order valence-electron chi connectivity index (χ1n) is 5.30. The number of hydrogen-bond donors (Lipinski definition) is 1. The molecule has 0 radical (unpaired) electrons. The predicted octanol–water partition coefficient (Wildman–Crippen LogP) is 3.26. The van der Waals surface area contributed by atoms with E-state index in [4.69, 9.17) is 23.2 Å². The van der Waals surface area contributed by atoms with Crippen molar-refractivity contribution >= 4 is 40.5 Å².